The van der Waals surface area contributed by atoms with Gasteiger partial charge in [-0.05, 0) is 0 Å². The van der Waals surface area contributed by atoms with Gasteiger partial charge in [0.1, 0.15) is 0 Å². The molecule has 0 saturated heterocycles. The quantitative estimate of drug-likeness (QED) is 0.346. The summed E-state index contributed by atoms with van der Waals surface area (Å²) in [6, 6.07) is 0. The van der Waals surface area contributed by atoms with Crippen molar-refractivity contribution in [2.45, 2.75) is 37.3 Å². The molecular formula is C10H8F10O4. The molecule has 0 bridgehead atoms. The van der Waals surface area contributed by atoms with E-state index in [9.17, 15) is 48.7 Å². The smallest absolute Gasteiger partial charge is 0.453 e. The van der Waals surface area contributed by atoms with Crippen LogP contribution < -0.4 is 0 Å². The molecule has 4 nitrogen and oxygen atoms in total. The molecule has 0 aromatic carbocycles. The highest BCUT2D eigenvalue weighted by molar-refractivity contribution is 5.81. The Balaban J connectivity index is 5.29. The van der Waals surface area contributed by atoms with Gasteiger partial charge in [0, 0.05) is 13.0 Å². The predicted molar refractivity (Wildman–Crippen MR) is 53.7 cm³/mol. The van der Waals surface area contributed by atoms with Crippen LogP contribution >= 0.6 is 0 Å². The number of alkyl halides is 10. The van der Waals surface area contributed by atoms with Gasteiger partial charge in [-0.25, -0.2) is 14.3 Å². The van der Waals surface area contributed by atoms with E-state index >= 15 is 0 Å². The molecule has 0 spiro atoms. The lowest BCUT2D eigenvalue weighted by Gasteiger charge is -2.32. The number of rotatable bonds is 9. The Kier molecular flexibility index (Phi) is 6.30. The monoisotopic (exact) mass is 382 g/mol. The number of hydrogen-bond acceptors (Lipinski definition) is 4. The van der Waals surface area contributed by atoms with E-state index in [4.69, 9.17) is 0 Å². The van der Waals surface area contributed by atoms with Gasteiger partial charge in [-0.15, -0.1) is 0 Å². The molecule has 0 aromatic heterocycles. The second-order valence-corrected chi connectivity index (χ2v) is 4.08. The van der Waals surface area contributed by atoms with Crippen molar-refractivity contribution in [1.29, 1.82) is 0 Å². The van der Waals surface area contributed by atoms with Gasteiger partial charge in [-0.2, -0.15) is 43.9 Å². The highest BCUT2D eigenvalue weighted by atomic mass is 19.3. The van der Waals surface area contributed by atoms with Crippen LogP contribution in [0.25, 0.3) is 0 Å². The summed E-state index contributed by atoms with van der Waals surface area (Å²) in [5.41, 5.74) is 0. The molecule has 0 atom stereocenters. The van der Waals surface area contributed by atoms with Crippen LogP contribution in [0.15, 0.2) is 12.7 Å². The molecule has 0 aliphatic heterocycles. The summed E-state index contributed by atoms with van der Waals surface area (Å²) < 4.78 is 135. The maximum atomic E-state index is 13.0. The first-order valence-corrected chi connectivity index (χ1v) is 5.45. The molecule has 0 rings (SSSR count). The number of carbonyl (C=O) groups is 1. The topological polar surface area (TPSA) is 44.8 Å². The maximum absolute atomic E-state index is 13.0. The molecule has 0 N–H and O–H groups in total. The zero-order valence-electron chi connectivity index (χ0n) is 11.4. The second-order valence-electron chi connectivity index (χ2n) is 4.08. The van der Waals surface area contributed by atoms with Crippen molar-refractivity contribution in [2.75, 3.05) is 6.61 Å². The highest BCUT2D eigenvalue weighted by Gasteiger charge is 2.71. The molecule has 0 aliphatic carbocycles. The van der Waals surface area contributed by atoms with Crippen LogP contribution in [0.5, 0.6) is 0 Å². The Morgan fingerprint density at radius 2 is 1.29 bits per heavy atom. The first-order valence-electron chi connectivity index (χ1n) is 5.45. The largest absolute Gasteiger partial charge is 0.456 e. The Morgan fingerprint density at radius 3 is 1.67 bits per heavy atom. The summed E-state index contributed by atoms with van der Waals surface area (Å²) in [5, 5.41) is 0. The molecule has 14 heteroatoms. The lowest BCUT2D eigenvalue weighted by atomic mass is 10.3. The van der Waals surface area contributed by atoms with Crippen LogP contribution in [0.2, 0.25) is 0 Å². The van der Waals surface area contributed by atoms with Gasteiger partial charge >= 0.3 is 36.3 Å². The molecule has 0 unspecified atom stereocenters. The van der Waals surface area contributed by atoms with Crippen LogP contribution in [0.3, 0.4) is 0 Å². The highest BCUT2D eigenvalue weighted by Crippen LogP contribution is 2.46. The summed E-state index contributed by atoms with van der Waals surface area (Å²) in [6.07, 6.45) is -24.0. The van der Waals surface area contributed by atoms with Gasteiger partial charge in [-0.3, -0.25) is 0 Å². The minimum absolute atomic E-state index is 0.245. The van der Waals surface area contributed by atoms with E-state index in [2.05, 4.69) is 16.1 Å². The van der Waals surface area contributed by atoms with E-state index in [1.54, 1.807) is 0 Å². The van der Waals surface area contributed by atoms with Crippen molar-refractivity contribution in [3.63, 3.8) is 0 Å². The van der Waals surface area contributed by atoms with Crippen LogP contribution in [-0.4, -0.2) is 42.9 Å². The van der Waals surface area contributed by atoms with Crippen molar-refractivity contribution in [3.05, 3.63) is 12.7 Å². The summed E-state index contributed by atoms with van der Waals surface area (Å²) in [4.78, 5) is 10.5. The Hall–Kier alpha value is -1.57. The van der Waals surface area contributed by atoms with Crippen molar-refractivity contribution < 1.29 is 62.9 Å². The molecule has 142 valence electrons. The summed E-state index contributed by atoms with van der Waals surface area (Å²) in [6.45, 7) is -0.300. The number of esters is 1. The Bertz CT molecular complexity index is 471. The predicted octanol–water partition coefficient (Wildman–Crippen LogP) is 3.78. The number of hydrogen-bond donors (Lipinski definition) is 0. The molecule has 0 heterocycles. The Morgan fingerprint density at radius 1 is 0.875 bits per heavy atom. The number of halogens is 10. The van der Waals surface area contributed by atoms with E-state index in [1.807, 2.05) is 4.74 Å². The lowest BCUT2D eigenvalue weighted by Crippen LogP contribution is -2.56. The summed E-state index contributed by atoms with van der Waals surface area (Å²) in [5.74, 6) is -7.39. The first kappa shape index (κ1) is 22.4. The van der Waals surface area contributed by atoms with Gasteiger partial charge in [0.25, 0.3) is 0 Å². The molecule has 0 radical (unpaired) electrons. The molecule has 0 aliphatic rings. The van der Waals surface area contributed by atoms with Crippen molar-refractivity contribution in [3.8, 4) is 0 Å². The maximum Gasteiger partial charge on any atom is 0.453 e. The van der Waals surface area contributed by atoms with Gasteiger partial charge < -0.3 is 4.74 Å². The molecule has 24 heavy (non-hydrogen) atoms. The standard InChI is InChI=1S/C10H8F10O4/c1-3-5(21)22-4-7(13,14)8(15,16)24-10(19,20)9(17,18)23-6(2,11)12/h3H,1,4H2,2H3. The van der Waals surface area contributed by atoms with Gasteiger partial charge in [0.05, 0.1) is 0 Å². The molecule has 0 saturated carbocycles. The van der Waals surface area contributed by atoms with Gasteiger partial charge in [-0.1, -0.05) is 6.58 Å². The average molecular weight is 382 g/mol. The third kappa shape index (κ3) is 5.81. The van der Waals surface area contributed by atoms with E-state index in [0.29, 0.717) is 0 Å². The van der Waals surface area contributed by atoms with E-state index < -0.39 is 49.9 Å². The summed E-state index contributed by atoms with van der Waals surface area (Å²) in [7, 11) is 0. The minimum Gasteiger partial charge on any atom is -0.456 e. The molecule has 0 fully saturated rings. The first-order chi connectivity index (χ1) is 10.4. The summed E-state index contributed by atoms with van der Waals surface area (Å²) >= 11 is 0. The normalized spacial score (nSPS) is 14.5. The van der Waals surface area contributed by atoms with E-state index in [-0.39, 0.29) is 6.08 Å². The van der Waals surface area contributed by atoms with Crippen LogP contribution in [0, 0.1) is 0 Å². The molecule has 0 amide bonds. The number of ether oxygens (including phenoxy) is 3. The van der Waals surface area contributed by atoms with Crippen molar-refractivity contribution >= 4 is 5.97 Å². The fourth-order valence-electron chi connectivity index (χ4n) is 0.884. The zero-order valence-corrected chi connectivity index (χ0v) is 11.4. The fourth-order valence-corrected chi connectivity index (χ4v) is 0.884. The van der Waals surface area contributed by atoms with Crippen LogP contribution in [0.1, 0.15) is 6.92 Å². The third-order valence-corrected chi connectivity index (χ3v) is 1.89. The van der Waals surface area contributed by atoms with Crippen molar-refractivity contribution in [1.82, 2.24) is 0 Å². The third-order valence-electron chi connectivity index (χ3n) is 1.89. The molecule has 0 aromatic rings. The van der Waals surface area contributed by atoms with Gasteiger partial charge in [0.2, 0.25) is 0 Å². The average Bonchev–Trinajstić information content (AvgIpc) is 2.31. The van der Waals surface area contributed by atoms with Crippen LogP contribution in [0.4, 0.5) is 43.9 Å². The van der Waals surface area contributed by atoms with Crippen LogP contribution in [-0.2, 0) is 19.0 Å². The lowest BCUT2D eigenvalue weighted by molar-refractivity contribution is -0.527. The van der Waals surface area contributed by atoms with Crippen molar-refractivity contribution in [2.24, 2.45) is 0 Å². The molecular weight excluding hydrogens is 374 g/mol. The second kappa shape index (κ2) is 6.74. The van der Waals surface area contributed by atoms with Gasteiger partial charge in [0.15, 0.2) is 6.61 Å². The fraction of sp³-hybridized carbons (Fsp3) is 0.700. The zero-order chi connectivity index (χ0) is 19.6. The number of carbonyl (C=O) groups excluding carboxylic acids is 1. The van der Waals surface area contributed by atoms with E-state index in [1.165, 1.54) is 0 Å². The minimum atomic E-state index is -6.60. The Labute approximate surface area is 126 Å². The SMILES string of the molecule is C=CC(=O)OCC(F)(F)C(F)(F)OC(F)(F)C(F)(F)OC(C)(F)F. The van der Waals surface area contributed by atoms with E-state index in [0.717, 1.165) is 0 Å².